The van der Waals surface area contributed by atoms with Gasteiger partial charge < -0.3 is 13.9 Å². The third-order valence-corrected chi connectivity index (χ3v) is 7.19. The molecule has 5 rings (SSSR count). The van der Waals surface area contributed by atoms with Crippen molar-refractivity contribution in [3.63, 3.8) is 0 Å². The minimum atomic E-state index is -0.571. The molecule has 0 amide bonds. The highest BCUT2D eigenvalue weighted by Crippen LogP contribution is 2.40. The van der Waals surface area contributed by atoms with Crippen LogP contribution in [-0.4, -0.2) is 26.5 Å². The number of ether oxygens (including phenoxy) is 1. The van der Waals surface area contributed by atoms with E-state index in [1.165, 1.54) is 6.07 Å². The first-order chi connectivity index (χ1) is 17.2. The second-order valence-corrected chi connectivity index (χ2v) is 9.79. The van der Waals surface area contributed by atoms with Gasteiger partial charge in [0, 0.05) is 36.3 Å². The maximum absolute atomic E-state index is 13.7. The van der Waals surface area contributed by atoms with Gasteiger partial charge in [0.2, 0.25) is 11.6 Å². The number of benzene rings is 2. The molecule has 36 heavy (non-hydrogen) atoms. The van der Waals surface area contributed by atoms with Gasteiger partial charge in [0.05, 0.1) is 34.7 Å². The zero-order chi connectivity index (χ0) is 25.6. The van der Waals surface area contributed by atoms with Crippen molar-refractivity contribution in [2.24, 2.45) is 13.0 Å². The van der Waals surface area contributed by atoms with Gasteiger partial charge in [0.15, 0.2) is 5.78 Å². The number of hydrogen-bond donors (Lipinski definition) is 1. The van der Waals surface area contributed by atoms with E-state index in [4.69, 9.17) is 33.3 Å². The van der Waals surface area contributed by atoms with Crippen LogP contribution < -0.4 is 10.4 Å². The standard InChI is InChI=1S/C27H23Cl2FN4O2/c1-15-19(4-6-24(30)32-15)20-10-17(13-34-8-7-33(2)27(34)31)11-21-25(35)18(14-36-26(20)21)9-16-3-5-22(28)23(29)12-16/h3-8,10-12,18,31H,9,13-14H2,1-2H3/t18-/m1/s1. The van der Waals surface area contributed by atoms with E-state index in [1.54, 1.807) is 47.5 Å². The van der Waals surface area contributed by atoms with Crippen LogP contribution in [0.4, 0.5) is 4.39 Å². The summed E-state index contributed by atoms with van der Waals surface area (Å²) in [6.07, 6.45) is 4.07. The third kappa shape index (κ3) is 4.56. The molecule has 1 aliphatic heterocycles. The summed E-state index contributed by atoms with van der Waals surface area (Å²) in [5, 5.41) is 9.18. The van der Waals surface area contributed by atoms with Crippen molar-refractivity contribution in [1.82, 2.24) is 14.1 Å². The van der Waals surface area contributed by atoms with Crippen molar-refractivity contribution in [2.75, 3.05) is 6.61 Å². The van der Waals surface area contributed by atoms with Gasteiger partial charge >= 0.3 is 0 Å². The second-order valence-electron chi connectivity index (χ2n) is 8.97. The van der Waals surface area contributed by atoms with E-state index in [0.717, 1.165) is 11.1 Å². The molecule has 0 saturated heterocycles. The first-order valence-corrected chi connectivity index (χ1v) is 12.1. The van der Waals surface area contributed by atoms with Crippen LogP contribution in [-0.2, 0) is 20.0 Å². The van der Waals surface area contributed by atoms with E-state index in [0.29, 0.717) is 56.8 Å². The van der Waals surface area contributed by atoms with E-state index in [9.17, 15) is 9.18 Å². The predicted molar refractivity (Wildman–Crippen MR) is 136 cm³/mol. The summed E-state index contributed by atoms with van der Waals surface area (Å²) in [6, 6.07) is 12.0. The predicted octanol–water partition coefficient (Wildman–Crippen LogP) is 5.60. The zero-order valence-corrected chi connectivity index (χ0v) is 21.2. The number of carbonyl (C=O) groups excluding carboxylic acids is 1. The second kappa shape index (κ2) is 9.56. The van der Waals surface area contributed by atoms with E-state index >= 15 is 0 Å². The van der Waals surface area contributed by atoms with Crippen molar-refractivity contribution in [1.29, 1.82) is 5.41 Å². The number of rotatable bonds is 5. The Bertz CT molecular complexity index is 1560. The lowest BCUT2D eigenvalue weighted by atomic mass is 9.86. The highest BCUT2D eigenvalue weighted by Gasteiger charge is 2.32. The lowest BCUT2D eigenvalue weighted by molar-refractivity contribution is 0.0831. The number of aryl methyl sites for hydroxylation is 2. The highest BCUT2D eigenvalue weighted by atomic mass is 35.5. The molecule has 0 unspecified atom stereocenters. The number of ketones is 1. The molecule has 0 fully saturated rings. The molecule has 2 aromatic heterocycles. The molecule has 0 radical (unpaired) electrons. The number of pyridine rings is 1. The maximum Gasteiger partial charge on any atom is 0.213 e. The number of Topliss-reactive ketones (excluding diaryl/α,β-unsaturated/α-hetero) is 1. The number of imidazole rings is 1. The van der Waals surface area contributed by atoms with E-state index in [2.05, 4.69) is 4.98 Å². The van der Waals surface area contributed by atoms with Crippen LogP contribution in [0.2, 0.25) is 10.0 Å². The number of halogens is 3. The fourth-order valence-electron chi connectivity index (χ4n) is 4.56. The number of nitrogens with zero attached hydrogens (tertiary/aromatic N) is 3. The lowest BCUT2D eigenvalue weighted by Gasteiger charge is -2.27. The number of nitrogens with one attached hydrogen (secondary N) is 1. The Morgan fingerprint density at radius 2 is 1.83 bits per heavy atom. The largest absolute Gasteiger partial charge is 0.491 e. The van der Waals surface area contributed by atoms with E-state index < -0.39 is 11.9 Å². The molecular formula is C27H23Cl2FN4O2. The summed E-state index contributed by atoms with van der Waals surface area (Å²) < 4.78 is 23.4. The third-order valence-electron chi connectivity index (χ3n) is 6.45. The summed E-state index contributed by atoms with van der Waals surface area (Å²) in [4.78, 5) is 17.7. The SMILES string of the molecule is Cc1nc(F)ccc1-c1cc(Cn2ccn(C)c2=N)cc2c1OC[C@@H](Cc1ccc(Cl)c(Cl)c1)C2=O. The molecule has 0 aliphatic carbocycles. The fraction of sp³-hybridized carbons (Fsp3) is 0.222. The van der Waals surface area contributed by atoms with E-state index in [-0.39, 0.29) is 12.4 Å². The van der Waals surface area contributed by atoms with Crippen molar-refractivity contribution < 1.29 is 13.9 Å². The minimum Gasteiger partial charge on any atom is -0.491 e. The normalized spacial score (nSPS) is 15.0. The maximum atomic E-state index is 13.7. The zero-order valence-electron chi connectivity index (χ0n) is 19.7. The fourth-order valence-corrected chi connectivity index (χ4v) is 4.89. The van der Waals surface area contributed by atoms with Gasteiger partial charge in [-0.3, -0.25) is 10.2 Å². The van der Waals surface area contributed by atoms with Gasteiger partial charge in [0.25, 0.3) is 0 Å². The molecule has 0 spiro atoms. The van der Waals surface area contributed by atoms with Crippen LogP contribution in [0.5, 0.6) is 5.75 Å². The Balaban J connectivity index is 1.58. The Kier molecular flexibility index (Phi) is 6.45. The molecule has 9 heteroatoms. The van der Waals surface area contributed by atoms with Crippen molar-refractivity contribution >= 4 is 29.0 Å². The number of carbonyl (C=O) groups is 1. The molecule has 3 heterocycles. The summed E-state index contributed by atoms with van der Waals surface area (Å²) in [7, 11) is 1.80. The van der Waals surface area contributed by atoms with E-state index in [1.807, 2.05) is 24.4 Å². The molecule has 1 atom stereocenters. The summed E-state index contributed by atoms with van der Waals surface area (Å²) in [5.74, 6) is -0.544. The molecular weight excluding hydrogens is 502 g/mol. The Labute approximate surface area is 217 Å². The summed E-state index contributed by atoms with van der Waals surface area (Å²) in [5.41, 5.74) is 4.37. The first kappa shape index (κ1) is 24.3. The molecule has 6 nitrogen and oxygen atoms in total. The van der Waals surface area contributed by atoms with Gasteiger partial charge in [-0.2, -0.15) is 4.39 Å². The number of hydrogen-bond acceptors (Lipinski definition) is 4. The highest BCUT2D eigenvalue weighted by molar-refractivity contribution is 6.42. The molecule has 0 bridgehead atoms. The van der Waals surface area contributed by atoms with Crippen molar-refractivity contribution in [3.05, 3.63) is 98.9 Å². The quantitative estimate of drug-likeness (QED) is 0.345. The Hall–Kier alpha value is -3.42. The van der Waals surface area contributed by atoms with Crippen molar-refractivity contribution in [2.45, 2.75) is 19.9 Å². The smallest absolute Gasteiger partial charge is 0.213 e. The number of aromatic nitrogens is 3. The Morgan fingerprint density at radius 1 is 1.06 bits per heavy atom. The van der Waals surface area contributed by atoms with Crippen LogP contribution in [0.1, 0.15) is 27.2 Å². The van der Waals surface area contributed by atoms with Gasteiger partial charge in [0.1, 0.15) is 5.75 Å². The van der Waals surface area contributed by atoms with Gasteiger partial charge in [-0.1, -0.05) is 29.3 Å². The molecule has 1 aliphatic rings. The van der Waals surface area contributed by atoms with Gasteiger partial charge in [-0.15, -0.1) is 0 Å². The molecule has 4 aromatic rings. The molecule has 1 N–H and O–H groups in total. The van der Waals surface area contributed by atoms with Crippen LogP contribution in [0.3, 0.4) is 0 Å². The van der Waals surface area contributed by atoms with Crippen molar-refractivity contribution in [3.8, 4) is 16.9 Å². The monoisotopic (exact) mass is 524 g/mol. The summed E-state index contributed by atoms with van der Waals surface area (Å²) in [6.45, 7) is 2.32. The van der Waals surface area contributed by atoms with Crippen LogP contribution in [0.25, 0.3) is 11.1 Å². The number of fused-ring (bicyclic) bond motifs is 1. The Morgan fingerprint density at radius 3 is 2.53 bits per heavy atom. The average molecular weight is 525 g/mol. The minimum absolute atomic E-state index is 0.0395. The molecule has 184 valence electrons. The molecule has 2 aromatic carbocycles. The van der Waals surface area contributed by atoms with Gasteiger partial charge in [-0.25, -0.2) is 4.98 Å². The van der Waals surface area contributed by atoms with Crippen LogP contribution in [0, 0.1) is 24.2 Å². The lowest BCUT2D eigenvalue weighted by Crippen LogP contribution is -2.30. The average Bonchev–Trinajstić information content (AvgIpc) is 3.15. The van der Waals surface area contributed by atoms with Crippen LogP contribution in [0.15, 0.2) is 54.9 Å². The topological polar surface area (TPSA) is 72.9 Å². The van der Waals surface area contributed by atoms with Crippen LogP contribution >= 0.6 is 23.2 Å². The first-order valence-electron chi connectivity index (χ1n) is 11.4. The molecule has 0 saturated carbocycles. The summed E-state index contributed by atoms with van der Waals surface area (Å²) >= 11 is 12.2. The van der Waals surface area contributed by atoms with Gasteiger partial charge in [-0.05, 0) is 60.9 Å².